The van der Waals surface area contributed by atoms with E-state index in [1.165, 1.54) is 11.1 Å². The molecule has 92 valence electrons. The molecule has 0 aromatic heterocycles. The van der Waals surface area contributed by atoms with E-state index < -0.39 is 0 Å². The van der Waals surface area contributed by atoms with Crippen LogP contribution in [0.25, 0.3) is 0 Å². The molecule has 0 atom stereocenters. The Balaban J connectivity index is 2.66. The first-order valence-electron chi connectivity index (χ1n) is 5.96. The van der Waals surface area contributed by atoms with Crippen molar-refractivity contribution >= 4 is 0 Å². The Morgan fingerprint density at radius 2 is 1.82 bits per heavy atom. The van der Waals surface area contributed by atoms with Crippen LogP contribution in [0.2, 0.25) is 0 Å². The SMILES string of the molecule is C=CCN(CC=C)Cc1cccc(CNC)c1. The molecule has 1 aromatic rings. The van der Waals surface area contributed by atoms with Crippen LogP contribution < -0.4 is 5.32 Å². The van der Waals surface area contributed by atoms with Gasteiger partial charge in [0.25, 0.3) is 0 Å². The van der Waals surface area contributed by atoms with Gasteiger partial charge in [-0.1, -0.05) is 36.4 Å². The summed E-state index contributed by atoms with van der Waals surface area (Å²) in [4.78, 5) is 2.30. The first-order chi connectivity index (χ1) is 8.30. The Morgan fingerprint density at radius 1 is 1.18 bits per heavy atom. The zero-order valence-corrected chi connectivity index (χ0v) is 10.7. The molecule has 0 aliphatic rings. The fourth-order valence-electron chi connectivity index (χ4n) is 1.87. The number of nitrogens with zero attached hydrogens (tertiary/aromatic N) is 1. The van der Waals surface area contributed by atoms with Gasteiger partial charge in [0.1, 0.15) is 0 Å². The Hall–Kier alpha value is -1.38. The molecule has 0 amide bonds. The molecule has 1 rings (SSSR count). The number of hydrogen-bond acceptors (Lipinski definition) is 2. The highest BCUT2D eigenvalue weighted by Crippen LogP contribution is 2.08. The van der Waals surface area contributed by atoms with E-state index in [2.05, 4.69) is 47.6 Å². The fraction of sp³-hybridized carbons (Fsp3) is 0.333. The van der Waals surface area contributed by atoms with E-state index in [0.717, 1.165) is 26.2 Å². The van der Waals surface area contributed by atoms with E-state index >= 15 is 0 Å². The summed E-state index contributed by atoms with van der Waals surface area (Å²) < 4.78 is 0. The van der Waals surface area contributed by atoms with Gasteiger partial charge in [-0.15, -0.1) is 13.2 Å². The third-order valence-electron chi connectivity index (χ3n) is 2.55. The minimum absolute atomic E-state index is 0.891. The van der Waals surface area contributed by atoms with E-state index in [-0.39, 0.29) is 0 Å². The van der Waals surface area contributed by atoms with E-state index in [1.54, 1.807) is 0 Å². The molecule has 0 radical (unpaired) electrons. The van der Waals surface area contributed by atoms with Crippen molar-refractivity contribution in [3.8, 4) is 0 Å². The molecule has 2 nitrogen and oxygen atoms in total. The van der Waals surface area contributed by atoms with Crippen LogP contribution >= 0.6 is 0 Å². The topological polar surface area (TPSA) is 15.3 Å². The van der Waals surface area contributed by atoms with Gasteiger partial charge >= 0.3 is 0 Å². The molecular weight excluding hydrogens is 208 g/mol. The van der Waals surface area contributed by atoms with Crippen molar-refractivity contribution in [2.75, 3.05) is 20.1 Å². The summed E-state index contributed by atoms with van der Waals surface area (Å²) in [6.07, 6.45) is 3.86. The first-order valence-corrected chi connectivity index (χ1v) is 5.96. The monoisotopic (exact) mass is 230 g/mol. The Bertz CT molecular complexity index is 348. The molecule has 0 spiro atoms. The lowest BCUT2D eigenvalue weighted by Crippen LogP contribution is -2.23. The van der Waals surface area contributed by atoms with Gasteiger partial charge in [-0.3, -0.25) is 4.90 Å². The fourth-order valence-corrected chi connectivity index (χ4v) is 1.87. The molecule has 17 heavy (non-hydrogen) atoms. The van der Waals surface area contributed by atoms with Crippen LogP contribution in [0.3, 0.4) is 0 Å². The van der Waals surface area contributed by atoms with E-state index in [4.69, 9.17) is 0 Å². The Labute approximate surface area is 105 Å². The van der Waals surface area contributed by atoms with Crippen molar-refractivity contribution in [3.05, 3.63) is 60.7 Å². The minimum atomic E-state index is 0.891. The zero-order chi connectivity index (χ0) is 12.5. The van der Waals surface area contributed by atoms with E-state index in [1.807, 2.05) is 19.2 Å². The van der Waals surface area contributed by atoms with Crippen LogP contribution in [-0.4, -0.2) is 25.0 Å². The highest BCUT2D eigenvalue weighted by Gasteiger charge is 2.02. The summed E-state index contributed by atoms with van der Waals surface area (Å²) in [6, 6.07) is 8.67. The second-order valence-electron chi connectivity index (χ2n) is 4.12. The quantitative estimate of drug-likeness (QED) is 0.691. The summed E-state index contributed by atoms with van der Waals surface area (Å²) in [5.74, 6) is 0. The molecule has 1 aromatic carbocycles. The summed E-state index contributed by atoms with van der Waals surface area (Å²) in [5.41, 5.74) is 2.66. The highest BCUT2D eigenvalue weighted by atomic mass is 15.1. The summed E-state index contributed by atoms with van der Waals surface area (Å²) in [7, 11) is 1.97. The summed E-state index contributed by atoms with van der Waals surface area (Å²) >= 11 is 0. The number of hydrogen-bond donors (Lipinski definition) is 1. The number of benzene rings is 1. The van der Waals surface area contributed by atoms with Crippen molar-refractivity contribution in [3.63, 3.8) is 0 Å². The third-order valence-corrected chi connectivity index (χ3v) is 2.55. The molecule has 0 heterocycles. The predicted octanol–water partition coefficient (Wildman–Crippen LogP) is 2.58. The maximum absolute atomic E-state index is 3.79. The Kier molecular flexibility index (Phi) is 6.30. The van der Waals surface area contributed by atoms with Crippen LogP contribution in [-0.2, 0) is 13.1 Å². The van der Waals surface area contributed by atoms with Crippen LogP contribution in [0, 0.1) is 0 Å². The molecule has 0 unspecified atom stereocenters. The van der Waals surface area contributed by atoms with Crippen LogP contribution in [0.1, 0.15) is 11.1 Å². The molecule has 2 heteroatoms. The van der Waals surface area contributed by atoms with E-state index in [0.29, 0.717) is 0 Å². The van der Waals surface area contributed by atoms with Gasteiger partial charge in [0.05, 0.1) is 0 Å². The molecule has 0 saturated carbocycles. The maximum Gasteiger partial charge on any atom is 0.0240 e. The van der Waals surface area contributed by atoms with Crippen LogP contribution in [0.15, 0.2) is 49.6 Å². The van der Waals surface area contributed by atoms with Crippen molar-refractivity contribution in [2.45, 2.75) is 13.1 Å². The highest BCUT2D eigenvalue weighted by molar-refractivity contribution is 5.23. The van der Waals surface area contributed by atoms with Gasteiger partial charge in [0.15, 0.2) is 0 Å². The minimum Gasteiger partial charge on any atom is -0.316 e. The molecule has 1 N–H and O–H groups in total. The van der Waals surface area contributed by atoms with Gasteiger partial charge < -0.3 is 5.32 Å². The Morgan fingerprint density at radius 3 is 2.41 bits per heavy atom. The standard InChI is InChI=1S/C15H22N2/c1-4-9-17(10-5-2)13-15-8-6-7-14(11-15)12-16-3/h4-8,11,16H,1-2,9-10,12-13H2,3H3. The van der Waals surface area contributed by atoms with Crippen molar-refractivity contribution in [1.82, 2.24) is 10.2 Å². The normalized spacial score (nSPS) is 10.5. The smallest absolute Gasteiger partial charge is 0.0240 e. The molecule has 0 aliphatic heterocycles. The first kappa shape index (κ1) is 13.7. The van der Waals surface area contributed by atoms with Gasteiger partial charge in [0.2, 0.25) is 0 Å². The lowest BCUT2D eigenvalue weighted by molar-refractivity contribution is 0.327. The van der Waals surface area contributed by atoms with Gasteiger partial charge in [-0.25, -0.2) is 0 Å². The second kappa shape index (κ2) is 7.82. The average molecular weight is 230 g/mol. The van der Waals surface area contributed by atoms with Gasteiger partial charge in [-0.05, 0) is 18.2 Å². The summed E-state index contributed by atoms with van der Waals surface area (Å²) in [6.45, 7) is 11.2. The lowest BCUT2D eigenvalue weighted by atomic mass is 10.1. The number of nitrogens with one attached hydrogen (secondary N) is 1. The number of rotatable bonds is 8. The van der Waals surface area contributed by atoms with Crippen molar-refractivity contribution in [2.24, 2.45) is 0 Å². The average Bonchev–Trinajstić information content (AvgIpc) is 2.30. The molecule has 0 bridgehead atoms. The molecular formula is C15H22N2. The van der Waals surface area contributed by atoms with Gasteiger partial charge in [0, 0.05) is 26.2 Å². The lowest BCUT2D eigenvalue weighted by Gasteiger charge is -2.19. The van der Waals surface area contributed by atoms with Crippen LogP contribution in [0.4, 0.5) is 0 Å². The van der Waals surface area contributed by atoms with Crippen molar-refractivity contribution < 1.29 is 0 Å². The summed E-state index contributed by atoms with van der Waals surface area (Å²) in [5, 5.41) is 3.17. The molecule has 0 aliphatic carbocycles. The third kappa shape index (κ3) is 4.98. The van der Waals surface area contributed by atoms with Crippen molar-refractivity contribution in [1.29, 1.82) is 0 Å². The maximum atomic E-state index is 3.79. The van der Waals surface area contributed by atoms with Crippen LogP contribution in [0.5, 0.6) is 0 Å². The zero-order valence-electron chi connectivity index (χ0n) is 10.7. The second-order valence-corrected chi connectivity index (χ2v) is 4.12. The largest absolute Gasteiger partial charge is 0.316 e. The van der Waals surface area contributed by atoms with E-state index in [9.17, 15) is 0 Å². The predicted molar refractivity (Wildman–Crippen MR) is 74.9 cm³/mol. The van der Waals surface area contributed by atoms with Gasteiger partial charge in [-0.2, -0.15) is 0 Å². The molecule has 0 fully saturated rings. The molecule has 0 saturated heterocycles.